The zero-order valence-electron chi connectivity index (χ0n) is 12.9. The van der Waals surface area contributed by atoms with Crippen molar-refractivity contribution < 1.29 is 19.4 Å². The van der Waals surface area contributed by atoms with Gasteiger partial charge in [0.05, 0.1) is 19.3 Å². The third kappa shape index (κ3) is 2.65. The molecule has 0 atom stereocenters. The Morgan fingerprint density at radius 2 is 2.13 bits per heavy atom. The molecule has 1 aromatic carbocycles. The van der Waals surface area contributed by atoms with Crippen molar-refractivity contribution in [1.82, 2.24) is 14.7 Å². The Morgan fingerprint density at radius 3 is 2.83 bits per heavy atom. The maximum absolute atomic E-state index is 12.7. The molecular weight excluding hydrogens is 298 g/mol. The number of benzene rings is 1. The smallest absolute Gasteiger partial charge is 0.356 e. The first-order valence-electron chi connectivity index (χ1n) is 7.22. The van der Waals surface area contributed by atoms with Gasteiger partial charge in [-0.1, -0.05) is 6.07 Å². The number of nitrogens with zero attached hydrogens (tertiary/aromatic N) is 3. The van der Waals surface area contributed by atoms with E-state index in [0.717, 1.165) is 11.3 Å². The van der Waals surface area contributed by atoms with E-state index in [1.54, 1.807) is 48.0 Å². The van der Waals surface area contributed by atoms with E-state index in [9.17, 15) is 14.7 Å². The molecule has 3 rings (SSSR count). The van der Waals surface area contributed by atoms with Crippen LogP contribution in [0, 0.1) is 0 Å². The Hall–Kier alpha value is -2.83. The molecule has 0 aliphatic carbocycles. The van der Waals surface area contributed by atoms with E-state index < -0.39 is 5.97 Å². The Kier molecular flexibility index (Phi) is 3.77. The van der Waals surface area contributed by atoms with Gasteiger partial charge in [-0.15, -0.1) is 0 Å². The number of aryl methyl sites for hydroxylation is 1. The first kappa shape index (κ1) is 15.1. The average Bonchev–Trinajstić information content (AvgIpc) is 2.91. The van der Waals surface area contributed by atoms with Crippen LogP contribution in [0.25, 0.3) is 0 Å². The number of carboxylic acids is 1. The van der Waals surface area contributed by atoms with E-state index >= 15 is 0 Å². The summed E-state index contributed by atoms with van der Waals surface area (Å²) in [5, 5.41) is 13.2. The molecule has 7 heteroatoms. The van der Waals surface area contributed by atoms with Gasteiger partial charge in [-0.05, 0) is 24.6 Å². The quantitative estimate of drug-likeness (QED) is 0.923. The lowest BCUT2D eigenvalue weighted by Gasteiger charge is -2.27. The molecule has 0 radical (unpaired) electrons. The molecule has 1 aliphatic heterocycles. The number of carbonyl (C=O) groups excluding carboxylic acids is 1. The van der Waals surface area contributed by atoms with Crippen LogP contribution < -0.4 is 4.74 Å². The van der Waals surface area contributed by atoms with E-state index in [0.29, 0.717) is 30.8 Å². The van der Waals surface area contributed by atoms with Gasteiger partial charge in [0, 0.05) is 24.7 Å². The molecule has 0 saturated carbocycles. The highest BCUT2D eigenvalue weighted by molar-refractivity contribution is 5.95. The van der Waals surface area contributed by atoms with Crippen LogP contribution in [-0.2, 0) is 20.0 Å². The summed E-state index contributed by atoms with van der Waals surface area (Å²) >= 11 is 0. The molecule has 0 fully saturated rings. The minimum atomic E-state index is -1.03. The summed E-state index contributed by atoms with van der Waals surface area (Å²) in [6, 6.07) is 7.00. The second kappa shape index (κ2) is 5.75. The molecule has 1 aliphatic rings. The molecule has 1 aromatic heterocycles. The summed E-state index contributed by atoms with van der Waals surface area (Å²) in [7, 11) is 3.25. The lowest BCUT2D eigenvalue weighted by molar-refractivity contribution is 0.0688. The molecule has 0 unspecified atom stereocenters. The van der Waals surface area contributed by atoms with Crippen molar-refractivity contribution in [3.05, 3.63) is 46.8 Å². The fraction of sp³-hybridized carbons (Fsp3) is 0.312. The summed E-state index contributed by atoms with van der Waals surface area (Å²) < 4.78 is 6.69. The van der Waals surface area contributed by atoms with Crippen LogP contribution in [0.5, 0.6) is 5.75 Å². The SMILES string of the molecule is COc1cccc(C(=O)N2CCc3c(C(=O)O)nn(C)c3C2)c1. The highest BCUT2D eigenvalue weighted by Gasteiger charge is 2.29. The highest BCUT2D eigenvalue weighted by atomic mass is 16.5. The summed E-state index contributed by atoms with van der Waals surface area (Å²) in [6.07, 6.45) is 0.487. The molecule has 0 saturated heterocycles. The number of carboxylic acid groups (broad SMARTS) is 1. The molecule has 23 heavy (non-hydrogen) atoms. The average molecular weight is 315 g/mol. The van der Waals surface area contributed by atoms with Crippen LogP contribution in [0.15, 0.2) is 24.3 Å². The number of hydrogen-bond acceptors (Lipinski definition) is 4. The molecule has 7 nitrogen and oxygen atoms in total. The number of rotatable bonds is 3. The van der Waals surface area contributed by atoms with E-state index in [1.165, 1.54) is 0 Å². The second-order valence-electron chi connectivity index (χ2n) is 5.41. The molecule has 1 N–H and O–H groups in total. The van der Waals surface area contributed by atoms with Crippen LogP contribution in [0.1, 0.15) is 32.1 Å². The molecule has 0 bridgehead atoms. The number of fused-ring (bicyclic) bond motifs is 1. The normalized spacial score (nSPS) is 13.6. The number of carbonyl (C=O) groups is 2. The fourth-order valence-corrected chi connectivity index (χ4v) is 2.85. The maximum atomic E-state index is 12.7. The van der Waals surface area contributed by atoms with Gasteiger partial charge in [0.15, 0.2) is 5.69 Å². The van der Waals surface area contributed by atoms with Gasteiger partial charge >= 0.3 is 5.97 Å². The zero-order valence-corrected chi connectivity index (χ0v) is 12.9. The van der Waals surface area contributed by atoms with E-state index in [2.05, 4.69) is 5.10 Å². The summed E-state index contributed by atoms with van der Waals surface area (Å²) in [6.45, 7) is 0.817. The van der Waals surface area contributed by atoms with Crippen LogP contribution >= 0.6 is 0 Å². The summed E-state index contributed by atoms with van der Waals surface area (Å²) in [5.74, 6) is -0.510. The number of aromatic nitrogens is 2. The largest absolute Gasteiger partial charge is 0.497 e. The van der Waals surface area contributed by atoms with Crippen LogP contribution in [0.4, 0.5) is 0 Å². The fourth-order valence-electron chi connectivity index (χ4n) is 2.85. The van der Waals surface area contributed by atoms with E-state index in [-0.39, 0.29) is 11.6 Å². The number of aromatic carboxylic acids is 1. The van der Waals surface area contributed by atoms with Crippen LogP contribution in [-0.4, -0.2) is 45.3 Å². The van der Waals surface area contributed by atoms with Crippen molar-refractivity contribution in [3.8, 4) is 5.75 Å². The second-order valence-corrected chi connectivity index (χ2v) is 5.41. The van der Waals surface area contributed by atoms with Gasteiger partial charge in [-0.25, -0.2) is 4.79 Å². The molecule has 2 aromatic rings. The first-order valence-corrected chi connectivity index (χ1v) is 7.22. The topological polar surface area (TPSA) is 84.7 Å². The van der Waals surface area contributed by atoms with Gasteiger partial charge in [-0.3, -0.25) is 9.48 Å². The maximum Gasteiger partial charge on any atom is 0.356 e. The highest BCUT2D eigenvalue weighted by Crippen LogP contribution is 2.24. The van der Waals surface area contributed by atoms with Gasteiger partial charge < -0.3 is 14.7 Å². The lowest BCUT2D eigenvalue weighted by Crippen LogP contribution is -2.36. The van der Waals surface area contributed by atoms with E-state index in [4.69, 9.17) is 4.74 Å². The minimum Gasteiger partial charge on any atom is -0.497 e. The van der Waals surface area contributed by atoms with Crippen molar-refractivity contribution >= 4 is 11.9 Å². The molecule has 2 heterocycles. The molecule has 1 amide bonds. The summed E-state index contributed by atoms with van der Waals surface area (Å²) in [4.78, 5) is 25.6. The Balaban J connectivity index is 1.87. The number of methoxy groups -OCH3 is 1. The third-order valence-electron chi connectivity index (χ3n) is 4.05. The zero-order chi connectivity index (χ0) is 16.6. The first-order chi connectivity index (χ1) is 11.0. The van der Waals surface area contributed by atoms with Gasteiger partial charge in [0.1, 0.15) is 5.75 Å². The number of hydrogen-bond donors (Lipinski definition) is 1. The summed E-state index contributed by atoms with van der Waals surface area (Å²) in [5.41, 5.74) is 2.11. The molecule has 120 valence electrons. The van der Waals surface area contributed by atoms with Gasteiger partial charge in [-0.2, -0.15) is 5.10 Å². The van der Waals surface area contributed by atoms with Crippen molar-refractivity contribution in [1.29, 1.82) is 0 Å². The van der Waals surface area contributed by atoms with Crippen molar-refractivity contribution in [2.45, 2.75) is 13.0 Å². The number of amides is 1. The Morgan fingerprint density at radius 1 is 1.35 bits per heavy atom. The predicted molar refractivity (Wildman–Crippen MR) is 81.6 cm³/mol. The van der Waals surface area contributed by atoms with Crippen LogP contribution in [0.3, 0.4) is 0 Å². The number of ether oxygens (including phenoxy) is 1. The Bertz CT molecular complexity index is 782. The Labute approximate surface area is 133 Å². The third-order valence-corrected chi connectivity index (χ3v) is 4.05. The van der Waals surface area contributed by atoms with Gasteiger partial charge in [0.25, 0.3) is 5.91 Å². The van der Waals surface area contributed by atoms with Crippen molar-refractivity contribution in [2.75, 3.05) is 13.7 Å². The molecule has 0 spiro atoms. The van der Waals surface area contributed by atoms with Gasteiger partial charge in [0.2, 0.25) is 0 Å². The molecular formula is C16H17N3O4. The van der Waals surface area contributed by atoms with E-state index in [1.807, 2.05) is 0 Å². The van der Waals surface area contributed by atoms with Crippen molar-refractivity contribution in [2.24, 2.45) is 7.05 Å². The predicted octanol–water partition coefficient (Wildman–Crippen LogP) is 1.33. The lowest BCUT2D eigenvalue weighted by atomic mass is 10.0. The monoisotopic (exact) mass is 315 g/mol. The minimum absolute atomic E-state index is 0.0796. The standard InChI is InChI=1S/C16H17N3O4/c1-18-13-9-19(7-6-12(13)14(17-18)16(21)22)15(20)10-4-3-5-11(8-10)23-2/h3-5,8H,6-7,9H2,1-2H3,(H,21,22). The van der Waals surface area contributed by atoms with Crippen LogP contribution in [0.2, 0.25) is 0 Å². The van der Waals surface area contributed by atoms with Crippen molar-refractivity contribution in [3.63, 3.8) is 0 Å².